The summed E-state index contributed by atoms with van der Waals surface area (Å²) in [7, 11) is 3.18. The summed E-state index contributed by atoms with van der Waals surface area (Å²) in [4.78, 5) is 12.5. The van der Waals surface area contributed by atoms with Gasteiger partial charge in [-0.1, -0.05) is 59.7 Å². The highest BCUT2D eigenvalue weighted by Gasteiger charge is 2.56. The number of hydrogen-bond donors (Lipinski definition) is 0. The minimum Gasteiger partial charge on any atom is -0.469 e. The van der Waals surface area contributed by atoms with Crippen LogP contribution in [0.5, 0.6) is 0 Å². The Bertz CT molecular complexity index is 649. The fraction of sp³-hybridized carbons (Fsp3) is 0.381. The number of carbonyl (C=O) groups excluding carboxylic acids is 1. The first-order chi connectivity index (χ1) is 11.6. The molecular formula is C21H24O3. The molecule has 1 aliphatic carbocycles. The highest BCUT2D eigenvalue weighted by Crippen LogP contribution is 2.54. The first-order valence-corrected chi connectivity index (χ1v) is 8.30. The highest BCUT2D eigenvalue weighted by atomic mass is 16.5. The monoisotopic (exact) mass is 324 g/mol. The lowest BCUT2D eigenvalue weighted by molar-refractivity contribution is -0.160. The molecule has 2 unspecified atom stereocenters. The lowest BCUT2D eigenvalue weighted by Crippen LogP contribution is -2.52. The molecule has 0 heterocycles. The van der Waals surface area contributed by atoms with E-state index in [2.05, 4.69) is 62.4 Å². The van der Waals surface area contributed by atoms with Crippen LogP contribution in [0.25, 0.3) is 0 Å². The molecule has 24 heavy (non-hydrogen) atoms. The third-order valence-electron chi connectivity index (χ3n) is 5.15. The number of methoxy groups -OCH3 is 2. The minimum absolute atomic E-state index is 0.0225. The highest BCUT2D eigenvalue weighted by molar-refractivity contribution is 5.77. The van der Waals surface area contributed by atoms with E-state index in [1.54, 1.807) is 7.11 Å². The Morgan fingerprint density at radius 2 is 1.21 bits per heavy atom. The Morgan fingerprint density at radius 1 is 0.792 bits per heavy atom. The SMILES string of the molecule is COC(=O)C1C(c2ccc(C)cc2)C(OC)C1c1ccc(C)cc1. The van der Waals surface area contributed by atoms with E-state index < -0.39 is 0 Å². The van der Waals surface area contributed by atoms with E-state index in [4.69, 9.17) is 9.47 Å². The molecule has 0 aliphatic heterocycles. The normalized spacial score (nSPS) is 25.8. The Morgan fingerprint density at radius 3 is 1.54 bits per heavy atom. The first-order valence-electron chi connectivity index (χ1n) is 8.30. The van der Waals surface area contributed by atoms with E-state index in [1.165, 1.54) is 18.2 Å². The molecule has 0 amide bonds. The summed E-state index contributed by atoms with van der Waals surface area (Å²) < 4.78 is 10.9. The molecule has 1 aliphatic rings. The van der Waals surface area contributed by atoms with Gasteiger partial charge in [0, 0.05) is 18.9 Å². The quantitative estimate of drug-likeness (QED) is 0.798. The maximum Gasteiger partial charge on any atom is 0.310 e. The summed E-state index contributed by atoms with van der Waals surface area (Å²) in [5, 5.41) is 0. The number of ether oxygens (including phenoxy) is 2. The molecule has 3 heteroatoms. The summed E-state index contributed by atoms with van der Waals surface area (Å²) >= 11 is 0. The Balaban J connectivity index is 1.98. The van der Waals surface area contributed by atoms with E-state index in [9.17, 15) is 4.79 Å². The van der Waals surface area contributed by atoms with Gasteiger partial charge in [-0.05, 0) is 25.0 Å². The van der Waals surface area contributed by atoms with E-state index in [1.807, 2.05) is 0 Å². The second-order valence-corrected chi connectivity index (χ2v) is 6.62. The summed E-state index contributed by atoms with van der Waals surface area (Å²) in [5.41, 5.74) is 4.67. The fourth-order valence-electron chi connectivity index (χ4n) is 3.80. The zero-order chi connectivity index (χ0) is 17.3. The summed E-state index contributed by atoms with van der Waals surface area (Å²) in [5.74, 6) is -0.339. The summed E-state index contributed by atoms with van der Waals surface area (Å²) in [6.07, 6.45) is -0.0282. The van der Waals surface area contributed by atoms with Crippen molar-refractivity contribution in [1.82, 2.24) is 0 Å². The van der Waals surface area contributed by atoms with Crippen molar-refractivity contribution in [2.75, 3.05) is 14.2 Å². The maximum absolute atomic E-state index is 12.5. The third kappa shape index (κ3) is 2.84. The number of esters is 1. The number of carbonyl (C=O) groups is 1. The van der Waals surface area contributed by atoms with Gasteiger partial charge in [0.15, 0.2) is 0 Å². The molecular weight excluding hydrogens is 300 g/mol. The molecule has 2 aromatic rings. The van der Waals surface area contributed by atoms with Crippen molar-refractivity contribution in [3.05, 3.63) is 70.8 Å². The second-order valence-electron chi connectivity index (χ2n) is 6.62. The van der Waals surface area contributed by atoms with Gasteiger partial charge in [-0.3, -0.25) is 4.79 Å². The molecule has 3 nitrogen and oxygen atoms in total. The van der Waals surface area contributed by atoms with Crippen molar-refractivity contribution in [1.29, 1.82) is 0 Å². The van der Waals surface area contributed by atoms with E-state index in [0.29, 0.717) is 0 Å². The van der Waals surface area contributed by atoms with Crippen LogP contribution in [0.1, 0.15) is 34.1 Å². The molecule has 1 saturated carbocycles. The van der Waals surface area contributed by atoms with Crippen LogP contribution in [0, 0.1) is 19.8 Å². The van der Waals surface area contributed by atoms with Gasteiger partial charge in [0.1, 0.15) is 0 Å². The van der Waals surface area contributed by atoms with Gasteiger partial charge in [0.05, 0.1) is 19.1 Å². The van der Waals surface area contributed by atoms with Crippen LogP contribution < -0.4 is 0 Å². The largest absolute Gasteiger partial charge is 0.469 e. The van der Waals surface area contributed by atoms with E-state index >= 15 is 0 Å². The molecule has 0 bridgehead atoms. The average molecular weight is 324 g/mol. The molecule has 1 fully saturated rings. The van der Waals surface area contributed by atoms with Crippen LogP contribution in [0.15, 0.2) is 48.5 Å². The minimum atomic E-state index is -0.217. The van der Waals surface area contributed by atoms with Gasteiger partial charge < -0.3 is 9.47 Å². The van der Waals surface area contributed by atoms with Gasteiger partial charge in [0.2, 0.25) is 0 Å². The van der Waals surface area contributed by atoms with Crippen LogP contribution in [-0.2, 0) is 14.3 Å². The number of rotatable bonds is 4. The molecule has 2 atom stereocenters. The molecule has 0 N–H and O–H groups in total. The van der Waals surface area contributed by atoms with Crippen LogP contribution in [0.3, 0.4) is 0 Å². The molecule has 0 radical (unpaired) electrons. The van der Waals surface area contributed by atoms with Crippen molar-refractivity contribution in [2.45, 2.75) is 31.8 Å². The lowest BCUT2D eigenvalue weighted by Gasteiger charge is -2.50. The van der Waals surface area contributed by atoms with Gasteiger partial charge in [-0.25, -0.2) is 0 Å². The number of aryl methyl sites for hydroxylation is 2. The van der Waals surface area contributed by atoms with Crippen molar-refractivity contribution >= 4 is 5.97 Å². The lowest BCUT2D eigenvalue weighted by atomic mass is 9.57. The fourth-order valence-corrected chi connectivity index (χ4v) is 3.80. The van der Waals surface area contributed by atoms with Crippen LogP contribution in [-0.4, -0.2) is 26.3 Å². The van der Waals surface area contributed by atoms with Crippen LogP contribution in [0.2, 0.25) is 0 Å². The van der Waals surface area contributed by atoms with Gasteiger partial charge >= 0.3 is 5.97 Å². The summed E-state index contributed by atoms with van der Waals surface area (Å²) in [6, 6.07) is 16.7. The topological polar surface area (TPSA) is 35.5 Å². The molecule has 3 rings (SSSR count). The Labute approximate surface area is 143 Å². The van der Waals surface area contributed by atoms with Gasteiger partial charge in [-0.2, -0.15) is 0 Å². The predicted molar refractivity (Wildman–Crippen MR) is 94.1 cm³/mol. The summed E-state index contributed by atoms with van der Waals surface area (Å²) in [6.45, 7) is 4.12. The molecule has 0 aromatic heterocycles. The van der Waals surface area contributed by atoms with Crippen molar-refractivity contribution < 1.29 is 14.3 Å². The number of benzene rings is 2. The predicted octanol–water partition coefficient (Wildman–Crippen LogP) is 3.99. The third-order valence-corrected chi connectivity index (χ3v) is 5.15. The van der Waals surface area contributed by atoms with E-state index in [0.717, 1.165) is 11.1 Å². The van der Waals surface area contributed by atoms with Crippen molar-refractivity contribution in [3.8, 4) is 0 Å². The van der Waals surface area contributed by atoms with Gasteiger partial charge in [-0.15, -0.1) is 0 Å². The molecule has 0 saturated heterocycles. The van der Waals surface area contributed by atoms with E-state index in [-0.39, 0.29) is 29.8 Å². The Hall–Kier alpha value is -2.13. The first kappa shape index (κ1) is 16.7. The van der Waals surface area contributed by atoms with Crippen molar-refractivity contribution in [3.63, 3.8) is 0 Å². The molecule has 2 aromatic carbocycles. The molecule has 126 valence electrons. The van der Waals surface area contributed by atoms with Gasteiger partial charge in [0.25, 0.3) is 0 Å². The zero-order valence-electron chi connectivity index (χ0n) is 14.7. The Kier molecular flexibility index (Phi) is 4.72. The van der Waals surface area contributed by atoms with Crippen LogP contribution >= 0.6 is 0 Å². The standard InChI is InChI=1S/C21H24O3/c1-13-5-9-15(10-6-13)17-19(21(22)24-4)18(20(17)23-3)16-11-7-14(2)8-12-16/h5-12,17-20H,1-4H3. The van der Waals surface area contributed by atoms with Crippen LogP contribution in [0.4, 0.5) is 0 Å². The second kappa shape index (κ2) is 6.78. The smallest absolute Gasteiger partial charge is 0.310 e. The zero-order valence-corrected chi connectivity index (χ0v) is 14.7. The molecule has 0 spiro atoms. The van der Waals surface area contributed by atoms with Crippen molar-refractivity contribution in [2.24, 2.45) is 5.92 Å². The maximum atomic E-state index is 12.5. The number of hydrogen-bond acceptors (Lipinski definition) is 3. The average Bonchev–Trinajstić information content (AvgIpc) is 2.57.